The molecule has 0 aliphatic carbocycles. The van der Waals surface area contributed by atoms with Gasteiger partial charge in [-0.25, -0.2) is 14.4 Å². The van der Waals surface area contributed by atoms with Crippen LogP contribution >= 0.6 is 0 Å². The monoisotopic (exact) mass is 505 g/mol. The van der Waals surface area contributed by atoms with Crippen LogP contribution in [0, 0.1) is 5.82 Å². The van der Waals surface area contributed by atoms with Gasteiger partial charge < -0.3 is 20.2 Å². The molecule has 1 saturated heterocycles. The summed E-state index contributed by atoms with van der Waals surface area (Å²) in [6.07, 6.45) is 5.71. The summed E-state index contributed by atoms with van der Waals surface area (Å²) >= 11 is 0. The number of hydrogen-bond acceptors (Lipinski definition) is 8. The van der Waals surface area contributed by atoms with Crippen molar-refractivity contribution in [1.29, 1.82) is 0 Å². The molecular formula is C25H28FN9O2. The maximum Gasteiger partial charge on any atom is 0.295 e. The molecule has 1 amide bonds. The number of amides is 1. The van der Waals surface area contributed by atoms with Crippen LogP contribution < -0.4 is 16.0 Å². The van der Waals surface area contributed by atoms with Gasteiger partial charge in [-0.1, -0.05) is 30.3 Å². The predicted molar refractivity (Wildman–Crippen MR) is 138 cm³/mol. The highest BCUT2D eigenvalue weighted by atomic mass is 19.1. The second-order valence-electron chi connectivity index (χ2n) is 9.00. The fourth-order valence-electron chi connectivity index (χ4n) is 4.39. The average Bonchev–Trinajstić information content (AvgIpc) is 3.61. The van der Waals surface area contributed by atoms with Gasteiger partial charge in [0.1, 0.15) is 5.84 Å². The highest BCUT2D eigenvalue weighted by molar-refractivity contribution is 6.45. The molecule has 0 unspecified atom stereocenters. The number of carbonyl (C=O) groups excluding carboxylic acids is 2. The number of pyridine rings is 1. The number of hydrazine groups is 2. The molecule has 0 radical (unpaired) electrons. The Morgan fingerprint density at radius 2 is 1.84 bits per heavy atom. The third-order valence-electron chi connectivity index (χ3n) is 6.20. The van der Waals surface area contributed by atoms with Crippen molar-refractivity contribution in [2.45, 2.75) is 0 Å². The number of carbonyl (C=O) groups is 2. The van der Waals surface area contributed by atoms with Gasteiger partial charge in [-0.15, -0.1) is 5.53 Å². The SMILES string of the molecule is CN(C)CN=C(c1ccccc1)N1CCN(C(=O)C(=O)c2c[nH]c3c(N4C=CNN4)ncc(F)c23)CC1. The van der Waals surface area contributed by atoms with Gasteiger partial charge in [0.25, 0.3) is 11.7 Å². The number of aromatic amines is 1. The lowest BCUT2D eigenvalue weighted by molar-refractivity contribution is -0.127. The van der Waals surface area contributed by atoms with Gasteiger partial charge in [0.2, 0.25) is 0 Å². The summed E-state index contributed by atoms with van der Waals surface area (Å²) in [6.45, 7) is 2.28. The number of benzene rings is 1. The fraction of sp³-hybridized carbons (Fsp3) is 0.280. The van der Waals surface area contributed by atoms with Gasteiger partial charge >= 0.3 is 0 Å². The van der Waals surface area contributed by atoms with Crippen LogP contribution in [0.3, 0.4) is 0 Å². The first-order valence-corrected chi connectivity index (χ1v) is 11.9. The summed E-state index contributed by atoms with van der Waals surface area (Å²) in [7, 11) is 3.91. The van der Waals surface area contributed by atoms with Crippen LogP contribution in [-0.4, -0.2) is 89.1 Å². The van der Waals surface area contributed by atoms with Crippen molar-refractivity contribution in [3.05, 3.63) is 72.1 Å². The zero-order chi connectivity index (χ0) is 25.9. The largest absolute Gasteiger partial charge is 0.357 e. The molecule has 0 saturated carbocycles. The molecule has 11 nitrogen and oxygen atoms in total. The number of amidine groups is 1. The van der Waals surface area contributed by atoms with Crippen molar-refractivity contribution in [3.8, 4) is 0 Å². The summed E-state index contributed by atoms with van der Waals surface area (Å²) in [5.74, 6) is -0.885. The van der Waals surface area contributed by atoms with E-state index in [1.165, 1.54) is 16.1 Å². The maximum atomic E-state index is 14.8. The van der Waals surface area contributed by atoms with Crippen LogP contribution in [0.15, 0.2) is 60.1 Å². The Hall–Kier alpha value is -4.29. The van der Waals surface area contributed by atoms with E-state index in [2.05, 4.69) is 25.8 Å². The first-order chi connectivity index (χ1) is 17.9. The number of ketones is 1. The molecule has 37 heavy (non-hydrogen) atoms. The first-order valence-electron chi connectivity index (χ1n) is 11.9. The number of halogens is 1. The second kappa shape index (κ2) is 10.4. The molecular weight excluding hydrogens is 477 g/mol. The number of aliphatic imine (C=N–C) groups is 1. The minimum absolute atomic E-state index is 0.0164. The number of nitrogens with zero attached hydrogens (tertiary/aromatic N) is 6. The van der Waals surface area contributed by atoms with Crippen molar-refractivity contribution in [2.24, 2.45) is 4.99 Å². The van der Waals surface area contributed by atoms with Crippen molar-refractivity contribution >= 4 is 34.2 Å². The summed E-state index contributed by atoms with van der Waals surface area (Å²) in [6, 6.07) is 9.90. The summed E-state index contributed by atoms with van der Waals surface area (Å²) in [5.41, 5.74) is 6.90. The van der Waals surface area contributed by atoms with E-state index in [1.54, 1.807) is 12.4 Å². The van der Waals surface area contributed by atoms with Gasteiger partial charge in [0.05, 0.1) is 29.3 Å². The number of aromatic nitrogens is 2. The zero-order valence-electron chi connectivity index (χ0n) is 20.6. The minimum atomic E-state index is -0.761. The van der Waals surface area contributed by atoms with E-state index < -0.39 is 17.5 Å². The third-order valence-corrected chi connectivity index (χ3v) is 6.20. The second-order valence-corrected chi connectivity index (χ2v) is 9.00. The van der Waals surface area contributed by atoms with Gasteiger partial charge in [-0.3, -0.25) is 19.5 Å². The quantitative estimate of drug-likeness (QED) is 0.199. The molecule has 4 heterocycles. The molecule has 1 fully saturated rings. The minimum Gasteiger partial charge on any atom is -0.357 e. The van der Waals surface area contributed by atoms with Crippen LogP contribution in [-0.2, 0) is 4.79 Å². The van der Waals surface area contributed by atoms with Crippen LogP contribution in [0.1, 0.15) is 15.9 Å². The molecule has 2 aromatic heterocycles. The lowest BCUT2D eigenvalue weighted by atomic mass is 10.1. The Kier molecular flexibility index (Phi) is 6.84. The smallest absolute Gasteiger partial charge is 0.295 e. The highest BCUT2D eigenvalue weighted by Crippen LogP contribution is 2.29. The molecule has 3 aromatic rings. The molecule has 0 spiro atoms. The average molecular weight is 506 g/mol. The molecule has 5 rings (SSSR count). The zero-order valence-corrected chi connectivity index (χ0v) is 20.6. The number of Topliss-reactive ketones (excluding diaryl/α,β-unsaturated/α-hetero) is 1. The molecule has 3 N–H and O–H groups in total. The Bertz CT molecular complexity index is 1360. The number of fused-ring (bicyclic) bond motifs is 1. The van der Waals surface area contributed by atoms with E-state index in [9.17, 15) is 14.0 Å². The molecule has 12 heteroatoms. The van der Waals surface area contributed by atoms with Crippen LogP contribution in [0.2, 0.25) is 0 Å². The lowest BCUT2D eigenvalue weighted by Gasteiger charge is -2.36. The standard InChI is InChI=1S/C25H28FN9O2/c1-32(2)16-29-23(17-6-4-3-5-7-17)33-10-12-34(13-11-33)25(37)22(36)18-14-27-21-20(18)19(26)15-28-24(21)35-9-8-30-31-35/h3-9,14-15,27,30-31H,10-13,16H2,1-2H3. The fourth-order valence-corrected chi connectivity index (χ4v) is 4.39. The summed E-state index contributed by atoms with van der Waals surface area (Å²) in [4.78, 5) is 43.8. The predicted octanol–water partition coefficient (Wildman–Crippen LogP) is 1.30. The van der Waals surface area contributed by atoms with Gasteiger partial charge in [0, 0.05) is 50.3 Å². The van der Waals surface area contributed by atoms with E-state index in [4.69, 9.17) is 4.99 Å². The number of rotatable bonds is 6. The number of hydrogen-bond donors (Lipinski definition) is 3. The first kappa shape index (κ1) is 24.4. The third kappa shape index (κ3) is 4.88. The topological polar surface area (TPSA) is 112 Å². The van der Waals surface area contributed by atoms with E-state index in [-0.39, 0.29) is 10.9 Å². The summed E-state index contributed by atoms with van der Waals surface area (Å²) < 4.78 is 14.8. The van der Waals surface area contributed by atoms with E-state index >= 15 is 0 Å². The van der Waals surface area contributed by atoms with Crippen molar-refractivity contribution < 1.29 is 14.0 Å². The van der Waals surface area contributed by atoms with Crippen LogP contribution in [0.5, 0.6) is 0 Å². The Balaban J connectivity index is 1.32. The van der Waals surface area contributed by atoms with Crippen molar-refractivity contribution in [3.63, 3.8) is 0 Å². The molecule has 1 aromatic carbocycles. The van der Waals surface area contributed by atoms with Crippen molar-refractivity contribution in [1.82, 2.24) is 35.6 Å². The molecule has 192 valence electrons. The van der Waals surface area contributed by atoms with E-state index in [0.29, 0.717) is 44.2 Å². The number of nitrogens with one attached hydrogen (secondary N) is 3. The van der Waals surface area contributed by atoms with E-state index in [0.717, 1.165) is 17.6 Å². The van der Waals surface area contributed by atoms with E-state index in [1.807, 2.05) is 49.3 Å². The van der Waals surface area contributed by atoms with Crippen LogP contribution in [0.25, 0.3) is 10.9 Å². The lowest BCUT2D eigenvalue weighted by Crippen LogP contribution is -2.52. The molecule has 2 aliphatic heterocycles. The number of H-pyrrole nitrogens is 1. The van der Waals surface area contributed by atoms with Crippen molar-refractivity contribution in [2.75, 3.05) is 52.0 Å². The maximum absolute atomic E-state index is 14.8. The summed E-state index contributed by atoms with van der Waals surface area (Å²) in [5, 5.41) is 1.57. The van der Waals surface area contributed by atoms with Gasteiger partial charge in [-0.05, 0) is 14.1 Å². The van der Waals surface area contributed by atoms with Gasteiger partial charge in [0.15, 0.2) is 11.6 Å². The van der Waals surface area contributed by atoms with Gasteiger partial charge in [-0.2, -0.15) is 0 Å². The highest BCUT2D eigenvalue weighted by Gasteiger charge is 2.31. The Morgan fingerprint density at radius 3 is 2.51 bits per heavy atom. The Morgan fingerprint density at radius 1 is 1.11 bits per heavy atom. The van der Waals surface area contributed by atoms with Crippen LogP contribution in [0.4, 0.5) is 10.2 Å². The Labute approximate surface area is 213 Å². The molecule has 0 atom stereocenters. The number of anilines is 1. The normalized spacial score (nSPS) is 16.1. The number of piperazine rings is 1. The molecule has 2 aliphatic rings. The molecule has 0 bridgehead atoms.